The van der Waals surface area contributed by atoms with Gasteiger partial charge in [-0.3, -0.25) is 0 Å². The lowest BCUT2D eigenvalue weighted by atomic mass is 9.84. The predicted molar refractivity (Wildman–Crippen MR) is 84.0 cm³/mol. The smallest absolute Gasteiger partial charge is 0.0409 e. The molecule has 20 heavy (non-hydrogen) atoms. The van der Waals surface area contributed by atoms with Crippen molar-refractivity contribution in [1.29, 1.82) is 0 Å². The van der Waals surface area contributed by atoms with E-state index in [-0.39, 0.29) is 0 Å². The van der Waals surface area contributed by atoms with E-state index in [2.05, 4.69) is 31.3 Å². The van der Waals surface area contributed by atoms with Gasteiger partial charge in [-0.15, -0.1) is 0 Å². The zero-order valence-corrected chi connectivity index (χ0v) is 13.2. The summed E-state index contributed by atoms with van der Waals surface area (Å²) in [6.07, 6.45) is 6.90. The molecule has 1 aromatic rings. The molecule has 0 spiro atoms. The summed E-state index contributed by atoms with van der Waals surface area (Å²) in [5, 5.41) is 4.93. The van der Waals surface area contributed by atoms with Crippen LogP contribution in [0.3, 0.4) is 0 Å². The maximum Gasteiger partial charge on any atom is 0.0409 e. The number of benzene rings is 1. The molecule has 3 aliphatic rings. The Morgan fingerprint density at radius 2 is 1.80 bits per heavy atom. The van der Waals surface area contributed by atoms with Crippen molar-refractivity contribution >= 4 is 11.6 Å². The summed E-state index contributed by atoms with van der Waals surface area (Å²) in [6, 6.07) is 7.69. The quantitative estimate of drug-likeness (QED) is 0.844. The van der Waals surface area contributed by atoms with Gasteiger partial charge in [0.1, 0.15) is 0 Å². The van der Waals surface area contributed by atoms with E-state index < -0.39 is 0 Å². The highest BCUT2D eigenvalue weighted by Gasteiger charge is 2.46. The lowest BCUT2D eigenvalue weighted by Crippen LogP contribution is -2.41. The summed E-state index contributed by atoms with van der Waals surface area (Å²) in [5.74, 6) is 1.89. The van der Waals surface area contributed by atoms with Crippen LogP contribution in [0.25, 0.3) is 0 Å². The molecule has 0 radical (unpaired) electrons. The van der Waals surface area contributed by atoms with Gasteiger partial charge in [-0.25, -0.2) is 0 Å². The van der Waals surface area contributed by atoms with Crippen molar-refractivity contribution in [3.63, 3.8) is 0 Å². The number of nitrogens with one attached hydrogen (secondary N) is 1. The molecule has 0 amide bonds. The van der Waals surface area contributed by atoms with Gasteiger partial charge in [0.25, 0.3) is 0 Å². The van der Waals surface area contributed by atoms with Gasteiger partial charge in [-0.05, 0) is 72.6 Å². The monoisotopic (exact) mass is 289 g/mol. The van der Waals surface area contributed by atoms with Crippen LogP contribution in [0.2, 0.25) is 5.02 Å². The number of hydrogen-bond acceptors (Lipinski definition) is 1. The second-order valence-electron chi connectivity index (χ2n) is 7.81. The second-order valence-corrected chi connectivity index (χ2v) is 8.25. The molecule has 0 bridgehead atoms. The van der Waals surface area contributed by atoms with E-state index in [1.807, 2.05) is 6.07 Å². The molecule has 108 valence electrons. The third-order valence-electron chi connectivity index (χ3n) is 5.47. The molecule has 1 unspecified atom stereocenters. The standard InChI is InChI=1S/C18H24ClN/c1-18(2)10-13-7-8-14(19)9-15(13)17(18)20-16(11-3-4-11)12-5-6-12/h7-9,11-12,16-17,20H,3-6,10H2,1-2H3. The molecule has 0 aliphatic heterocycles. The van der Waals surface area contributed by atoms with Gasteiger partial charge in [0.05, 0.1) is 0 Å². The molecule has 2 fully saturated rings. The maximum atomic E-state index is 6.24. The molecule has 1 nitrogen and oxygen atoms in total. The van der Waals surface area contributed by atoms with Gasteiger partial charge < -0.3 is 5.32 Å². The van der Waals surface area contributed by atoms with Crippen molar-refractivity contribution in [3.05, 3.63) is 34.3 Å². The zero-order chi connectivity index (χ0) is 13.9. The Morgan fingerprint density at radius 1 is 1.15 bits per heavy atom. The SMILES string of the molecule is CC1(C)Cc2ccc(Cl)cc2C1NC(C1CC1)C1CC1. The van der Waals surface area contributed by atoms with Crippen LogP contribution in [0.5, 0.6) is 0 Å². The van der Waals surface area contributed by atoms with E-state index in [0.29, 0.717) is 11.5 Å². The van der Waals surface area contributed by atoms with Crippen molar-refractivity contribution in [2.24, 2.45) is 17.3 Å². The summed E-state index contributed by atoms with van der Waals surface area (Å²) < 4.78 is 0. The summed E-state index contributed by atoms with van der Waals surface area (Å²) >= 11 is 6.24. The first-order valence-corrected chi connectivity index (χ1v) is 8.47. The van der Waals surface area contributed by atoms with E-state index >= 15 is 0 Å². The van der Waals surface area contributed by atoms with Crippen LogP contribution < -0.4 is 5.32 Å². The zero-order valence-electron chi connectivity index (χ0n) is 12.5. The highest BCUT2D eigenvalue weighted by molar-refractivity contribution is 6.30. The van der Waals surface area contributed by atoms with Crippen LogP contribution in [0, 0.1) is 17.3 Å². The van der Waals surface area contributed by atoms with E-state index in [9.17, 15) is 0 Å². The minimum Gasteiger partial charge on any atom is -0.306 e. The van der Waals surface area contributed by atoms with Gasteiger partial charge in [0, 0.05) is 17.1 Å². The van der Waals surface area contributed by atoms with Gasteiger partial charge in [0.15, 0.2) is 0 Å². The molecule has 4 rings (SSSR count). The highest BCUT2D eigenvalue weighted by Crippen LogP contribution is 2.50. The van der Waals surface area contributed by atoms with Crippen LogP contribution >= 0.6 is 11.6 Å². The van der Waals surface area contributed by atoms with Crippen molar-refractivity contribution in [1.82, 2.24) is 5.32 Å². The Balaban J connectivity index is 1.63. The fraction of sp³-hybridized carbons (Fsp3) is 0.667. The number of rotatable bonds is 4. The second kappa shape index (κ2) is 4.48. The number of fused-ring (bicyclic) bond motifs is 1. The summed E-state index contributed by atoms with van der Waals surface area (Å²) in [5.41, 5.74) is 3.24. The van der Waals surface area contributed by atoms with Gasteiger partial charge >= 0.3 is 0 Å². The van der Waals surface area contributed by atoms with Crippen molar-refractivity contribution in [2.75, 3.05) is 0 Å². The molecular formula is C18H24ClN. The lowest BCUT2D eigenvalue weighted by Gasteiger charge is -2.33. The van der Waals surface area contributed by atoms with E-state index in [1.54, 1.807) is 0 Å². The van der Waals surface area contributed by atoms with E-state index in [0.717, 1.165) is 22.9 Å². The predicted octanol–water partition coefficient (Wildman–Crippen LogP) is 4.74. The van der Waals surface area contributed by atoms with Crippen LogP contribution in [-0.2, 0) is 6.42 Å². The number of hydrogen-bond donors (Lipinski definition) is 1. The Labute approximate surface area is 127 Å². The highest BCUT2D eigenvalue weighted by atomic mass is 35.5. The maximum absolute atomic E-state index is 6.24. The first kappa shape index (κ1) is 13.2. The van der Waals surface area contributed by atoms with Crippen molar-refractivity contribution in [3.8, 4) is 0 Å². The van der Waals surface area contributed by atoms with E-state index in [1.165, 1.54) is 43.2 Å². The lowest BCUT2D eigenvalue weighted by molar-refractivity contribution is 0.228. The Bertz CT molecular complexity index is 516. The fourth-order valence-corrected chi connectivity index (χ4v) is 4.27. The van der Waals surface area contributed by atoms with Crippen LogP contribution in [0.1, 0.15) is 56.7 Å². The van der Waals surface area contributed by atoms with Crippen LogP contribution in [0.4, 0.5) is 0 Å². The average Bonchev–Trinajstić information content (AvgIpc) is 3.23. The molecule has 2 saturated carbocycles. The van der Waals surface area contributed by atoms with Crippen LogP contribution in [0.15, 0.2) is 18.2 Å². The third kappa shape index (κ3) is 2.29. The Morgan fingerprint density at radius 3 is 2.40 bits per heavy atom. The first-order valence-electron chi connectivity index (χ1n) is 8.09. The third-order valence-corrected chi connectivity index (χ3v) is 5.70. The first-order chi connectivity index (χ1) is 9.54. The van der Waals surface area contributed by atoms with Gasteiger partial charge in [-0.2, -0.15) is 0 Å². The average molecular weight is 290 g/mol. The largest absolute Gasteiger partial charge is 0.306 e. The summed E-state index contributed by atoms with van der Waals surface area (Å²) in [7, 11) is 0. The normalized spacial score (nSPS) is 27.9. The summed E-state index contributed by atoms with van der Waals surface area (Å²) in [6.45, 7) is 4.80. The van der Waals surface area contributed by atoms with Crippen molar-refractivity contribution in [2.45, 2.75) is 58.0 Å². The van der Waals surface area contributed by atoms with Crippen molar-refractivity contribution < 1.29 is 0 Å². The molecule has 0 heterocycles. The molecule has 0 saturated heterocycles. The Hall–Kier alpha value is -0.530. The minimum atomic E-state index is 0.301. The minimum absolute atomic E-state index is 0.301. The molecule has 1 N–H and O–H groups in total. The van der Waals surface area contributed by atoms with Crippen LogP contribution in [-0.4, -0.2) is 6.04 Å². The molecule has 1 aromatic carbocycles. The molecule has 2 heteroatoms. The molecular weight excluding hydrogens is 266 g/mol. The van der Waals surface area contributed by atoms with E-state index in [4.69, 9.17) is 11.6 Å². The summed E-state index contributed by atoms with van der Waals surface area (Å²) in [4.78, 5) is 0. The van der Waals surface area contributed by atoms with Gasteiger partial charge in [-0.1, -0.05) is 31.5 Å². The molecule has 3 aliphatic carbocycles. The van der Waals surface area contributed by atoms with Gasteiger partial charge in [0.2, 0.25) is 0 Å². The number of halogens is 1. The fourth-order valence-electron chi connectivity index (χ4n) is 4.08. The molecule has 0 aromatic heterocycles. The topological polar surface area (TPSA) is 12.0 Å². The Kier molecular flexibility index (Phi) is 2.95. The molecule has 1 atom stereocenters.